The van der Waals surface area contributed by atoms with Crippen molar-refractivity contribution in [2.45, 2.75) is 24.8 Å². The predicted octanol–water partition coefficient (Wildman–Crippen LogP) is 2.37. The SMILES string of the molecule is CC(C)[C@@H](NS(=O)(=O)c1cc(F)cc(F)c1)c1nccn1C. The molecule has 0 bridgehead atoms. The topological polar surface area (TPSA) is 64.0 Å². The van der Waals surface area contributed by atoms with Crippen molar-refractivity contribution >= 4 is 10.0 Å². The largest absolute Gasteiger partial charge is 0.337 e. The molecule has 0 saturated carbocycles. The van der Waals surface area contributed by atoms with Crippen molar-refractivity contribution in [3.05, 3.63) is 48.1 Å². The molecule has 8 heteroatoms. The van der Waals surface area contributed by atoms with E-state index in [0.717, 1.165) is 12.1 Å². The highest BCUT2D eigenvalue weighted by atomic mass is 32.2. The van der Waals surface area contributed by atoms with Gasteiger partial charge >= 0.3 is 0 Å². The number of aromatic nitrogens is 2. The minimum absolute atomic E-state index is 0.103. The van der Waals surface area contributed by atoms with Crippen LogP contribution in [0.3, 0.4) is 0 Å². The van der Waals surface area contributed by atoms with Crippen molar-refractivity contribution in [3.63, 3.8) is 0 Å². The van der Waals surface area contributed by atoms with Gasteiger partial charge in [0.05, 0.1) is 10.9 Å². The van der Waals surface area contributed by atoms with Gasteiger partial charge in [0.1, 0.15) is 17.5 Å². The molecule has 0 aliphatic carbocycles. The third kappa shape index (κ3) is 3.50. The second-order valence-corrected chi connectivity index (χ2v) is 7.06. The summed E-state index contributed by atoms with van der Waals surface area (Å²) < 4.78 is 55.4. The van der Waals surface area contributed by atoms with E-state index in [1.165, 1.54) is 0 Å². The second-order valence-electron chi connectivity index (χ2n) is 5.34. The van der Waals surface area contributed by atoms with E-state index in [2.05, 4.69) is 9.71 Å². The van der Waals surface area contributed by atoms with Crippen LogP contribution >= 0.6 is 0 Å². The van der Waals surface area contributed by atoms with E-state index < -0.39 is 32.6 Å². The summed E-state index contributed by atoms with van der Waals surface area (Å²) in [6.07, 6.45) is 3.25. The molecule has 1 atom stereocenters. The Morgan fingerprint density at radius 2 is 1.77 bits per heavy atom. The van der Waals surface area contributed by atoms with Gasteiger partial charge in [0.25, 0.3) is 0 Å². The smallest absolute Gasteiger partial charge is 0.241 e. The Hall–Kier alpha value is -1.80. The Balaban J connectivity index is 2.39. The number of hydrogen-bond acceptors (Lipinski definition) is 3. The number of aryl methyl sites for hydroxylation is 1. The van der Waals surface area contributed by atoms with Crippen LogP contribution in [0.5, 0.6) is 0 Å². The fraction of sp³-hybridized carbons (Fsp3) is 0.357. The van der Waals surface area contributed by atoms with Crippen LogP contribution in [0, 0.1) is 17.6 Å². The number of hydrogen-bond donors (Lipinski definition) is 1. The third-order valence-electron chi connectivity index (χ3n) is 3.23. The van der Waals surface area contributed by atoms with Crippen LogP contribution in [-0.4, -0.2) is 18.0 Å². The highest BCUT2D eigenvalue weighted by molar-refractivity contribution is 7.89. The summed E-state index contributed by atoms with van der Waals surface area (Å²) in [5.74, 6) is -1.47. The summed E-state index contributed by atoms with van der Waals surface area (Å²) in [6, 6.07) is 1.57. The first-order valence-corrected chi connectivity index (χ1v) is 8.14. The fourth-order valence-corrected chi connectivity index (χ4v) is 3.47. The Kier molecular flexibility index (Phi) is 4.62. The van der Waals surface area contributed by atoms with E-state index in [1.54, 1.807) is 24.0 Å². The number of sulfonamides is 1. The van der Waals surface area contributed by atoms with Gasteiger partial charge in [-0.3, -0.25) is 0 Å². The van der Waals surface area contributed by atoms with E-state index in [9.17, 15) is 17.2 Å². The molecule has 120 valence electrons. The average molecular weight is 329 g/mol. The zero-order valence-corrected chi connectivity index (χ0v) is 13.2. The molecule has 1 N–H and O–H groups in total. The molecule has 0 amide bonds. The van der Waals surface area contributed by atoms with Crippen molar-refractivity contribution in [2.24, 2.45) is 13.0 Å². The first-order chi connectivity index (χ1) is 10.2. The molecule has 1 aromatic heterocycles. The first kappa shape index (κ1) is 16.6. The van der Waals surface area contributed by atoms with Crippen molar-refractivity contribution < 1.29 is 17.2 Å². The van der Waals surface area contributed by atoms with Crippen LogP contribution in [0.2, 0.25) is 0 Å². The maximum Gasteiger partial charge on any atom is 0.241 e. The summed E-state index contributed by atoms with van der Waals surface area (Å²) in [5.41, 5.74) is 0. The van der Waals surface area contributed by atoms with E-state index in [4.69, 9.17) is 0 Å². The quantitative estimate of drug-likeness (QED) is 0.916. The predicted molar refractivity (Wildman–Crippen MR) is 77.5 cm³/mol. The van der Waals surface area contributed by atoms with Crippen molar-refractivity contribution in [3.8, 4) is 0 Å². The summed E-state index contributed by atoms with van der Waals surface area (Å²) in [6.45, 7) is 3.65. The highest BCUT2D eigenvalue weighted by Gasteiger charge is 2.27. The average Bonchev–Trinajstić information content (AvgIpc) is 2.80. The molecule has 2 aromatic rings. The lowest BCUT2D eigenvalue weighted by molar-refractivity contribution is 0.434. The number of nitrogens with zero attached hydrogens (tertiary/aromatic N) is 2. The zero-order valence-electron chi connectivity index (χ0n) is 12.4. The molecule has 2 rings (SSSR count). The van der Waals surface area contributed by atoms with E-state index >= 15 is 0 Å². The Bertz CT molecular complexity index is 752. The lowest BCUT2D eigenvalue weighted by Crippen LogP contribution is -2.33. The summed E-state index contributed by atoms with van der Waals surface area (Å²) in [5, 5.41) is 0. The Morgan fingerprint density at radius 1 is 1.18 bits per heavy atom. The van der Waals surface area contributed by atoms with Gasteiger partial charge in [0, 0.05) is 25.5 Å². The summed E-state index contributed by atoms with van der Waals surface area (Å²) in [4.78, 5) is 3.68. The van der Waals surface area contributed by atoms with Gasteiger partial charge in [0.2, 0.25) is 10.0 Å². The zero-order chi connectivity index (χ0) is 16.5. The fourth-order valence-electron chi connectivity index (χ4n) is 2.08. The number of rotatable bonds is 5. The maximum absolute atomic E-state index is 13.2. The molecule has 0 radical (unpaired) electrons. The first-order valence-electron chi connectivity index (χ1n) is 6.66. The number of nitrogens with one attached hydrogen (secondary N) is 1. The van der Waals surface area contributed by atoms with Gasteiger partial charge in [-0.1, -0.05) is 13.8 Å². The molecule has 0 aliphatic heterocycles. The number of imidazole rings is 1. The van der Waals surface area contributed by atoms with Crippen LogP contribution in [0.1, 0.15) is 25.7 Å². The molecule has 1 aromatic carbocycles. The van der Waals surface area contributed by atoms with E-state index in [1.807, 2.05) is 13.8 Å². The van der Waals surface area contributed by atoms with Gasteiger partial charge in [-0.05, 0) is 18.1 Å². The van der Waals surface area contributed by atoms with Crippen molar-refractivity contribution in [1.82, 2.24) is 14.3 Å². The van der Waals surface area contributed by atoms with Crippen LogP contribution in [0.4, 0.5) is 8.78 Å². The molecule has 1 heterocycles. The minimum atomic E-state index is -4.08. The molecular formula is C14H17F2N3O2S. The molecule has 5 nitrogen and oxygen atoms in total. The monoisotopic (exact) mass is 329 g/mol. The number of benzene rings is 1. The minimum Gasteiger partial charge on any atom is -0.337 e. The molecule has 0 spiro atoms. The standard InChI is InChI=1S/C14H17F2N3O2S/c1-9(2)13(14-17-4-5-19(14)3)18-22(20,21)12-7-10(15)6-11(16)8-12/h4-9,13,18H,1-3H3/t13-/m1/s1. The third-order valence-corrected chi connectivity index (χ3v) is 4.65. The Labute approximate surface area is 128 Å². The van der Waals surface area contributed by atoms with Crippen LogP contribution in [-0.2, 0) is 17.1 Å². The highest BCUT2D eigenvalue weighted by Crippen LogP contribution is 2.23. The normalized spacial score (nSPS) is 13.5. The van der Waals surface area contributed by atoms with Gasteiger partial charge in [-0.15, -0.1) is 0 Å². The van der Waals surface area contributed by atoms with Crippen LogP contribution < -0.4 is 4.72 Å². The van der Waals surface area contributed by atoms with Gasteiger partial charge < -0.3 is 4.57 Å². The van der Waals surface area contributed by atoms with Gasteiger partial charge in [0.15, 0.2) is 0 Å². The van der Waals surface area contributed by atoms with E-state index in [0.29, 0.717) is 11.9 Å². The van der Waals surface area contributed by atoms with Crippen molar-refractivity contribution in [2.75, 3.05) is 0 Å². The molecule has 0 fully saturated rings. The lowest BCUT2D eigenvalue weighted by Gasteiger charge is -2.22. The Morgan fingerprint density at radius 3 is 2.23 bits per heavy atom. The molecule has 0 saturated heterocycles. The lowest BCUT2D eigenvalue weighted by atomic mass is 10.1. The molecular weight excluding hydrogens is 312 g/mol. The molecule has 0 aliphatic rings. The van der Waals surface area contributed by atoms with E-state index in [-0.39, 0.29) is 5.92 Å². The molecule has 0 unspecified atom stereocenters. The second kappa shape index (κ2) is 6.13. The van der Waals surface area contributed by atoms with Crippen molar-refractivity contribution in [1.29, 1.82) is 0 Å². The van der Waals surface area contributed by atoms with Crippen LogP contribution in [0.25, 0.3) is 0 Å². The maximum atomic E-state index is 13.2. The molecule has 22 heavy (non-hydrogen) atoms. The van der Waals surface area contributed by atoms with Gasteiger partial charge in [-0.2, -0.15) is 0 Å². The van der Waals surface area contributed by atoms with Crippen LogP contribution in [0.15, 0.2) is 35.5 Å². The summed E-state index contributed by atoms with van der Waals surface area (Å²) >= 11 is 0. The number of halogens is 2. The van der Waals surface area contributed by atoms with Gasteiger partial charge in [-0.25, -0.2) is 26.9 Å². The summed E-state index contributed by atoms with van der Waals surface area (Å²) in [7, 11) is -2.33.